The van der Waals surface area contributed by atoms with Crippen molar-refractivity contribution in [3.8, 4) is 0 Å². The minimum atomic E-state index is -0.845. The van der Waals surface area contributed by atoms with E-state index < -0.39 is 5.60 Å². The third kappa shape index (κ3) is 1.74. The van der Waals surface area contributed by atoms with Crippen molar-refractivity contribution < 1.29 is 19.4 Å². The van der Waals surface area contributed by atoms with Crippen molar-refractivity contribution in [1.82, 2.24) is 0 Å². The first-order chi connectivity index (χ1) is 9.41. The maximum Gasteiger partial charge on any atom is 0.160 e. The Morgan fingerprint density at radius 1 is 1.30 bits per heavy atom. The molecule has 0 radical (unpaired) electrons. The van der Waals surface area contributed by atoms with E-state index in [-0.39, 0.29) is 41.8 Å². The monoisotopic (exact) mass is 282 g/mol. The van der Waals surface area contributed by atoms with E-state index in [4.69, 9.17) is 9.47 Å². The maximum absolute atomic E-state index is 12.0. The van der Waals surface area contributed by atoms with E-state index in [0.29, 0.717) is 5.92 Å². The number of methoxy groups -OCH3 is 1. The van der Waals surface area contributed by atoms with Crippen LogP contribution in [0.25, 0.3) is 0 Å². The largest absolute Gasteiger partial charge is 0.387 e. The molecule has 4 heteroatoms. The summed E-state index contributed by atoms with van der Waals surface area (Å²) in [7, 11) is 1.65. The van der Waals surface area contributed by atoms with Gasteiger partial charge in [-0.1, -0.05) is 13.8 Å². The summed E-state index contributed by atoms with van der Waals surface area (Å²) in [5.74, 6) is 0.934. The molecule has 0 aromatic carbocycles. The first-order valence-electron chi connectivity index (χ1n) is 7.82. The average Bonchev–Trinajstić information content (AvgIpc) is 2.70. The van der Waals surface area contributed by atoms with E-state index >= 15 is 0 Å². The number of ether oxygens (including phenoxy) is 2. The van der Waals surface area contributed by atoms with Crippen LogP contribution in [-0.4, -0.2) is 36.0 Å². The van der Waals surface area contributed by atoms with Gasteiger partial charge >= 0.3 is 0 Å². The van der Waals surface area contributed by atoms with Crippen LogP contribution in [0.15, 0.2) is 0 Å². The number of rotatable bonds is 2. The Hall–Kier alpha value is -0.450. The Kier molecular flexibility index (Phi) is 3.47. The van der Waals surface area contributed by atoms with Gasteiger partial charge in [-0.25, -0.2) is 0 Å². The summed E-state index contributed by atoms with van der Waals surface area (Å²) < 4.78 is 11.5. The molecule has 0 aromatic heterocycles. The topological polar surface area (TPSA) is 55.8 Å². The number of Topliss-reactive ketones (excluding diaryl/α,β-unsaturated/α-hetero) is 1. The Balaban J connectivity index is 2.02. The maximum atomic E-state index is 12.0. The number of hydrogen-bond donors (Lipinski definition) is 1. The first-order valence-corrected chi connectivity index (χ1v) is 7.82. The van der Waals surface area contributed by atoms with Crippen molar-refractivity contribution >= 4 is 5.78 Å². The molecule has 1 N–H and O–H groups in total. The first kappa shape index (κ1) is 14.5. The van der Waals surface area contributed by atoms with Gasteiger partial charge in [0.2, 0.25) is 0 Å². The highest BCUT2D eigenvalue weighted by atomic mass is 16.7. The van der Waals surface area contributed by atoms with E-state index in [1.54, 1.807) is 14.0 Å². The van der Waals surface area contributed by atoms with E-state index in [9.17, 15) is 9.90 Å². The third-order valence-corrected chi connectivity index (χ3v) is 6.24. The van der Waals surface area contributed by atoms with Crippen molar-refractivity contribution in [2.24, 2.45) is 29.6 Å². The second kappa shape index (κ2) is 4.79. The molecule has 0 bridgehead atoms. The molecule has 1 heterocycles. The van der Waals surface area contributed by atoms with Gasteiger partial charge in [0.1, 0.15) is 5.78 Å². The second-order valence-corrected chi connectivity index (χ2v) is 7.13. The van der Waals surface area contributed by atoms with Crippen molar-refractivity contribution in [1.29, 1.82) is 0 Å². The van der Waals surface area contributed by atoms with Gasteiger partial charge in [0.15, 0.2) is 6.29 Å². The van der Waals surface area contributed by atoms with E-state index in [1.807, 2.05) is 0 Å². The van der Waals surface area contributed by atoms with E-state index in [1.165, 1.54) is 0 Å². The highest BCUT2D eigenvalue weighted by Crippen LogP contribution is 2.59. The number of carbonyl (C=O) groups excluding carboxylic acids is 1. The fourth-order valence-corrected chi connectivity index (χ4v) is 5.16. The molecule has 4 nitrogen and oxygen atoms in total. The molecular weight excluding hydrogens is 256 g/mol. The van der Waals surface area contributed by atoms with Gasteiger partial charge in [-0.15, -0.1) is 0 Å². The Labute approximate surface area is 120 Å². The lowest BCUT2D eigenvalue weighted by Crippen LogP contribution is -2.64. The molecule has 114 valence electrons. The van der Waals surface area contributed by atoms with Crippen LogP contribution in [-0.2, 0) is 14.3 Å². The fraction of sp³-hybridized carbons (Fsp3) is 0.938. The minimum Gasteiger partial charge on any atom is -0.387 e. The zero-order valence-electron chi connectivity index (χ0n) is 12.8. The van der Waals surface area contributed by atoms with Crippen molar-refractivity contribution in [3.05, 3.63) is 0 Å². The lowest BCUT2D eigenvalue weighted by atomic mass is 9.60. The lowest BCUT2D eigenvalue weighted by molar-refractivity contribution is -0.305. The molecule has 1 saturated heterocycles. The predicted molar refractivity (Wildman–Crippen MR) is 73.9 cm³/mol. The average molecular weight is 282 g/mol. The SMILES string of the molecule is CO[C@@H]1O[C@H]2[C@H](C(C)=O)C[C@H]3[C@H](C)CC[C@@H]([C@H]1C)[C@]32O. The summed E-state index contributed by atoms with van der Waals surface area (Å²) in [6.45, 7) is 5.92. The molecule has 2 aliphatic carbocycles. The summed E-state index contributed by atoms with van der Waals surface area (Å²) in [6, 6.07) is 0. The number of carbonyl (C=O) groups is 1. The van der Waals surface area contributed by atoms with Gasteiger partial charge in [-0.3, -0.25) is 4.79 Å². The molecule has 1 aliphatic heterocycles. The van der Waals surface area contributed by atoms with Gasteiger partial charge in [0.05, 0.1) is 11.7 Å². The van der Waals surface area contributed by atoms with Crippen LogP contribution in [0.1, 0.15) is 40.0 Å². The standard InChI is InChI=1S/C16H26O4/c1-8-5-6-12-9(2)15(19-4)20-14-11(10(3)17)7-13(8)16(12,14)18/h8-9,11-15,18H,5-7H2,1-4H3/t8-,9-,11+,12+,13+,14+,15-,16+/m1/s1. The van der Waals surface area contributed by atoms with Crippen molar-refractivity contribution in [2.75, 3.05) is 7.11 Å². The molecule has 20 heavy (non-hydrogen) atoms. The molecule has 3 fully saturated rings. The molecule has 8 atom stereocenters. The number of ketones is 1. The number of hydrogen-bond acceptors (Lipinski definition) is 4. The van der Waals surface area contributed by atoms with Gasteiger partial charge < -0.3 is 14.6 Å². The van der Waals surface area contributed by atoms with Crippen molar-refractivity contribution in [3.63, 3.8) is 0 Å². The zero-order valence-corrected chi connectivity index (χ0v) is 12.8. The Morgan fingerprint density at radius 3 is 2.60 bits per heavy atom. The van der Waals surface area contributed by atoms with Crippen LogP contribution in [0.4, 0.5) is 0 Å². The van der Waals surface area contributed by atoms with E-state index in [0.717, 1.165) is 19.3 Å². The van der Waals surface area contributed by atoms with Crippen LogP contribution in [0, 0.1) is 29.6 Å². The Bertz CT molecular complexity index is 409. The minimum absolute atomic E-state index is 0.133. The summed E-state index contributed by atoms with van der Waals surface area (Å²) in [5.41, 5.74) is -0.845. The molecule has 0 amide bonds. The van der Waals surface area contributed by atoms with Gasteiger partial charge in [-0.2, -0.15) is 0 Å². The molecule has 0 spiro atoms. The van der Waals surface area contributed by atoms with Crippen molar-refractivity contribution in [2.45, 2.75) is 58.0 Å². The van der Waals surface area contributed by atoms with Crippen LogP contribution < -0.4 is 0 Å². The van der Waals surface area contributed by atoms with Crippen LogP contribution in [0.3, 0.4) is 0 Å². The molecule has 0 unspecified atom stereocenters. The molecular formula is C16H26O4. The lowest BCUT2D eigenvalue weighted by Gasteiger charge is -2.55. The van der Waals surface area contributed by atoms with Crippen LogP contribution >= 0.6 is 0 Å². The van der Waals surface area contributed by atoms with Gasteiger partial charge in [0, 0.05) is 18.9 Å². The second-order valence-electron chi connectivity index (χ2n) is 7.13. The summed E-state index contributed by atoms with van der Waals surface area (Å²) >= 11 is 0. The fourth-order valence-electron chi connectivity index (χ4n) is 5.16. The highest BCUT2D eigenvalue weighted by Gasteiger charge is 2.67. The molecule has 0 aromatic rings. The quantitative estimate of drug-likeness (QED) is 0.841. The number of aliphatic hydroxyl groups is 1. The molecule has 2 saturated carbocycles. The molecule has 3 rings (SSSR count). The summed E-state index contributed by atoms with van der Waals surface area (Å²) in [6.07, 6.45) is 2.19. The summed E-state index contributed by atoms with van der Waals surface area (Å²) in [5, 5.41) is 11.4. The Morgan fingerprint density at radius 2 is 2.00 bits per heavy atom. The molecule has 3 aliphatic rings. The summed E-state index contributed by atoms with van der Waals surface area (Å²) in [4.78, 5) is 12.0. The van der Waals surface area contributed by atoms with Crippen LogP contribution in [0.5, 0.6) is 0 Å². The third-order valence-electron chi connectivity index (χ3n) is 6.24. The smallest absolute Gasteiger partial charge is 0.160 e. The highest BCUT2D eigenvalue weighted by molar-refractivity contribution is 5.79. The van der Waals surface area contributed by atoms with Gasteiger partial charge in [-0.05, 0) is 43.9 Å². The normalized spacial score (nSPS) is 54.5. The van der Waals surface area contributed by atoms with Crippen LogP contribution in [0.2, 0.25) is 0 Å². The van der Waals surface area contributed by atoms with E-state index in [2.05, 4.69) is 13.8 Å². The van der Waals surface area contributed by atoms with Gasteiger partial charge in [0.25, 0.3) is 0 Å². The zero-order chi connectivity index (χ0) is 14.7. The predicted octanol–water partition coefficient (Wildman–Crippen LogP) is 2.00.